The Hall–Kier alpha value is -1.79. The van der Waals surface area contributed by atoms with E-state index in [0.29, 0.717) is 12.7 Å². The Morgan fingerprint density at radius 2 is 2.00 bits per heavy atom. The summed E-state index contributed by atoms with van der Waals surface area (Å²) in [5, 5.41) is 0. The second kappa shape index (κ2) is 7.88. The van der Waals surface area contributed by atoms with E-state index in [1.54, 1.807) is 27.7 Å². The highest BCUT2D eigenvalue weighted by Gasteiger charge is 2.77. The molecule has 3 fully saturated rings. The first-order valence-corrected chi connectivity index (χ1v) is 12.1. The number of hydrogen-bond donors (Lipinski definition) is 0. The van der Waals surface area contributed by atoms with Crippen molar-refractivity contribution >= 4 is 26.7 Å². The fourth-order valence-corrected chi connectivity index (χ4v) is 7.77. The zero-order valence-electron chi connectivity index (χ0n) is 19.2. The number of ketones is 1. The number of hydrogen-bond acceptors (Lipinski definition) is 6. The maximum Gasteiger partial charge on any atom is 0.327 e. The fourth-order valence-electron chi connectivity index (χ4n) is 7.44. The molecule has 0 bridgehead atoms. The van der Waals surface area contributed by atoms with Crippen LogP contribution in [0.1, 0.15) is 53.4 Å². The minimum atomic E-state index is -2.19. The number of fused-ring (bicyclic) bond motifs is 5. The number of alkyl halides is 2. The highest BCUT2D eigenvalue weighted by atomic mass is 31.1. The first-order valence-electron chi connectivity index (χ1n) is 11.4. The molecule has 0 amide bonds. The van der Waals surface area contributed by atoms with E-state index >= 15 is 8.78 Å². The largest absolute Gasteiger partial charge is 0.450 e. The van der Waals surface area contributed by atoms with Crippen LogP contribution in [0, 0.1) is 28.6 Å². The number of rotatable bonds is 5. The van der Waals surface area contributed by atoms with E-state index in [0.717, 1.165) is 6.08 Å². The summed E-state index contributed by atoms with van der Waals surface area (Å²) in [6, 6.07) is 0. The summed E-state index contributed by atoms with van der Waals surface area (Å²) in [4.78, 5) is 36.8. The summed E-state index contributed by atoms with van der Waals surface area (Å²) in [5.74, 6) is -2.81. The molecule has 4 rings (SSSR count). The third-order valence-electron chi connectivity index (χ3n) is 9.14. The number of carbonyl (C=O) groups excluding carboxylic acids is 3. The molecule has 0 aromatic heterocycles. The Labute approximate surface area is 193 Å². The zero-order chi connectivity index (χ0) is 24.4. The Kier molecular flexibility index (Phi) is 5.81. The van der Waals surface area contributed by atoms with Gasteiger partial charge in [-0.25, -0.2) is 13.3 Å². The highest BCUT2D eigenvalue weighted by molar-refractivity contribution is 7.17. The van der Waals surface area contributed by atoms with E-state index in [4.69, 9.17) is 9.26 Å². The Bertz CT molecular complexity index is 967. The lowest BCUT2D eigenvalue weighted by Gasteiger charge is -2.63. The van der Waals surface area contributed by atoms with Gasteiger partial charge in [-0.05, 0) is 49.8 Å². The Balaban J connectivity index is 1.90. The predicted octanol–water partition coefficient (Wildman–Crippen LogP) is 4.67. The van der Waals surface area contributed by atoms with Crippen molar-refractivity contribution in [2.24, 2.45) is 28.6 Å². The number of aldehydes is 1. The van der Waals surface area contributed by atoms with Crippen molar-refractivity contribution in [2.45, 2.75) is 76.9 Å². The van der Waals surface area contributed by atoms with Crippen molar-refractivity contribution < 1.29 is 37.0 Å². The molecule has 0 N–H and O–H groups in total. The predicted molar refractivity (Wildman–Crippen MR) is 115 cm³/mol. The molecule has 0 heterocycles. The summed E-state index contributed by atoms with van der Waals surface area (Å²) >= 11 is 0. The molecule has 0 radical (unpaired) electrons. The molecule has 4 aliphatic carbocycles. The van der Waals surface area contributed by atoms with Crippen molar-refractivity contribution in [3.05, 3.63) is 23.8 Å². The molecule has 0 aromatic rings. The van der Waals surface area contributed by atoms with E-state index in [1.165, 1.54) is 12.2 Å². The van der Waals surface area contributed by atoms with Crippen LogP contribution >= 0.6 is 8.69 Å². The fraction of sp³-hybridized carbons (Fsp3) is 0.708. The first kappa shape index (κ1) is 24.3. The van der Waals surface area contributed by atoms with Gasteiger partial charge < -0.3 is 4.74 Å². The lowest BCUT2D eigenvalue weighted by molar-refractivity contribution is -0.221. The van der Waals surface area contributed by atoms with Gasteiger partial charge in [-0.2, -0.15) is 0 Å². The van der Waals surface area contributed by atoms with E-state index in [2.05, 4.69) is 0 Å². The van der Waals surface area contributed by atoms with Crippen LogP contribution in [0.5, 0.6) is 0 Å². The first-order chi connectivity index (χ1) is 15.4. The number of ether oxygens (including phenoxy) is 1. The molecule has 9 atom stereocenters. The van der Waals surface area contributed by atoms with Crippen LogP contribution in [0.2, 0.25) is 0 Å². The van der Waals surface area contributed by atoms with Crippen molar-refractivity contribution in [2.75, 3.05) is 0 Å². The Morgan fingerprint density at radius 3 is 2.61 bits per heavy atom. The average Bonchev–Trinajstić information content (AvgIpc) is 2.98. The standard InChI is InChI=1S/C24H29F2O6P/c1-5-20(29)31-23(12-27)13(2)8-15-16-10-18(25)17-9-14(28)6-7-21(17,3)24(16,26)19(32-33-30)11-22(15,23)4/h6-7,9,12-13,15-16,18-19H,5,8,10-11H2,1-4H3/t13-,15+,16+,18+,19+,21+,22+,23-,24+/m1/s1. The molecule has 4 aliphatic rings. The minimum Gasteiger partial charge on any atom is -0.450 e. The maximum absolute atomic E-state index is 17.5. The van der Waals surface area contributed by atoms with E-state index < -0.39 is 72.6 Å². The van der Waals surface area contributed by atoms with Crippen molar-refractivity contribution in [1.82, 2.24) is 0 Å². The quantitative estimate of drug-likeness (QED) is 0.322. The normalized spacial score (nSPS) is 48.5. The lowest BCUT2D eigenvalue weighted by Crippen LogP contribution is -2.70. The van der Waals surface area contributed by atoms with Crippen molar-refractivity contribution in [3.63, 3.8) is 0 Å². The second-order valence-electron chi connectivity index (χ2n) is 10.4. The molecule has 180 valence electrons. The van der Waals surface area contributed by atoms with E-state index in [-0.39, 0.29) is 24.8 Å². The van der Waals surface area contributed by atoms with Crippen LogP contribution < -0.4 is 0 Å². The number of esters is 1. The molecule has 0 spiro atoms. The van der Waals surface area contributed by atoms with Gasteiger partial charge in [0.05, 0.1) is 0 Å². The van der Waals surface area contributed by atoms with Gasteiger partial charge in [0.15, 0.2) is 23.3 Å². The molecule has 0 saturated heterocycles. The molecule has 6 nitrogen and oxygen atoms in total. The molecule has 0 aromatic carbocycles. The van der Waals surface area contributed by atoms with Gasteiger partial charge in [-0.15, -0.1) is 0 Å². The zero-order valence-corrected chi connectivity index (χ0v) is 20.1. The van der Waals surface area contributed by atoms with Gasteiger partial charge in [0, 0.05) is 29.1 Å². The lowest BCUT2D eigenvalue weighted by atomic mass is 9.44. The molecule has 0 aliphatic heterocycles. The van der Waals surface area contributed by atoms with Crippen LogP contribution in [0.3, 0.4) is 0 Å². The van der Waals surface area contributed by atoms with Crippen molar-refractivity contribution in [3.8, 4) is 0 Å². The molecule has 9 heteroatoms. The summed E-state index contributed by atoms with van der Waals surface area (Å²) in [7, 11) is -0.753. The van der Waals surface area contributed by atoms with Crippen LogP contribution in [0.25, 0.3) is 0 Å². The van der Waals surface area contributed by atoms with E-state index in [1.807, 2.05) is 0 Å². The molecular formula is C24H29F2O6P. The third kappa shape index (κ3) is 2.95. The van der Waals surface area contributed by atoms with Crippen LogP contribution in [0.15, 0.2) is 23.8 Å². The van der Waals surface area contributed by atoms with Gasteiger partial charge in [-0.1, -0.05) is 26.8 Å². The number of allylic oxidation sites excluding steroid dienone is 4. The van der Waals surface area contributed by atoms with Crippen LogP contribution in [-0.4, -0.2) is 41.6 Å². The average molecular weight is 482 g/mol. The van der Waals surface area contributed by atoms with Crippen LogP contribution in [-0.2, 0) is 28.2 Å². The van der Waals surface area contributed by atoms with Crippen molar-refractivity contribution in [1.29, 1.82) is 0 Å². The third-order valence-corrected chi connectivity index (χ3v) is 9.48. The summed E-state index contributed by atoms with van der Waals surface area (Å²) in [6.07, 6.45) is 1.72. The summed E-state index contributed by atoms with van der Waals surface area (Å²) < 4.78 is 55.8. The second-order valence-corrected chi connectivity index (χ2v) is 10.7. The highest BCUT2D eigenvalue weighted by Crippen LogP contribution is 2.71. The number of carbonyl (C=O) groups is 3. The smallest absolute Gasteiger partial charge is 0.327 e. The molecule has 0 unspecified atom stereocenters. The SMILES string of the molecule is CCC(=O)O[C@]1(C=O)[C@H](C)C[C@H]2[C@@H]3C[C@H](F)C4=CC(=O)C=C[C@]4(C)[C@@]3(F)[C@@H](OP=O)C[C@@]21C. The van der Waals surface area contributed by atoms with Gasteiger partial charge in [0.2, 0.25) is 0 Å². The van der Waals surface area contributed by atoms with Gasteiger partial charge in [0.1, 0.15) is 12.3 Å². The van der Waals surface area contributed by atoms with E-state index in [9.17, 15) is 18.9 Å². The molecular weight excluding hydrogens is 453 g/mol. The van der Waals surface area contributed by atoms with Crippen LogP contribution in [0.4, 0.5) is 8.78 Å². The topological polar surface area (TPSA) is 86.7 Å². The number of halogens is 2. The molecule has 33 heavy (non-hydrogen) atoms. The minimum absolute atomic E-state index is 0.0540. The van der Waals surface area contributed by atoms with Gasteiger partial charge >= 0.3 is 14.7 Å². The summed E-state index contributed by atoms with van der Waals surface area (Å²) in [6.45, 7) is 6.71. The maximum atomic E-state index is 17.5. The van der Waals surface area contributed by atoms with Gasteiger partial charge in [-0.3, -0.25) is 18.9 Å². The van der Waals surface area contributed by atoms with Gasteiger partial charge in [0.25, 0.3) is 0 Å². The molecule has 3 saturated carbocycles. The monoisotopic (exact) mass is 482 g/mol. The Morgan fingerprint density at radius 1 is 1.30 bits per heavy atom. The summed E-state index contributed by atoms with van der Waals surface area (Å²) in [5.41, 5.74) is -6.21.